The predicted octanol–water partition coefficient (Wildman–Crippen LogP) is 2.40. The summed E-state index contributed by atoms with van der Waals surface area (Å²) in [7, 11) is 0. The van der Waals surface area contributed by atoms with Gasteiger partial charge in [0.15, 0.2) is 0 Å². The first-order chi connectivity index (χ1) is 9.02. The molecule has 0 bridgehead atoms. The van der Waals surface area contributed by atoms with E-state index in [0.717, 1.165) is 15.8 Å². The lowest BCUT2D eigenvalue weighted by atomic mass is 10.1. The van der Waals surface area contributed by atoms with Crippen LogP contribution in [0, 0.1) is 6.92 Å². The van der Waals surface area contributed by atoms with Crippen LogP contribution in [0.2, 0.25) is 0 Å². The fourth-order valence-electron chi connectivity index (χ4n) is 2.02. The van der Waals surface area contributed by atoms with Crippen molar-refractivity contribution >= 4 is 39.6 Å². The topological polar surface area (TPSA) is 57.6 Å². The summed E-state index contributed by atoms with van der Waals surface area (Å²) in [5.41, 5.74) is 1.49. The number of thioether (sulfide) groups is 1. The molecule has 1 aliphatic heterocycles. The maximum Gasteiger partial charge on any atom is 0.327 e. The minimum Gasteiger partial charge on any atom is -0.480 e. The van der Waals surface area contributed by atoms with E-state index in [-0.39, 0.29) is 5.91 Å². The fraction of sp³-hybridized carbons (Fsp3) is 0.385. The quantitative estimate of drug-likeness (QED) is 0.895. The number of aryl methyl sites for hydroxylation is 1. The van der Waals surface area contributed by atoms with Crippen molar-refractivity contribution in [2.45, 2.75) is 13.0 Å². The Morgan fingerprint density at radius 1 is 1.47 bits per heavy atom. The maximum atomic E-state index is 12.5. The Hall–Kier alpha value is -1.01. The SMILES string of the molecule is Cc1cccc(C(=O)N2CCSCC2C(=O)O)c1Br. The molecular weight excluding hydrogens is 330 g/mol. The van der Waals surface area contributed by atoms with Crippen molar-refractivity contribution in [3.63, 3.8) is 0 Å². The van der Waals surface area contributed by atoms with Crippen LogP contribution in [0.5, 0.6) is 0 Å². The number of hydrogen-bond donors (Lipinski definition) is 1. The van der Waals surface area contributed by atoms with Crippen LogP contribution in [-0.2, 0) is 4.79 Å². The first kappa shape index (κ1) is 14.4. The zero-order valence-electron chi connectivity index (χ0n) is 10.4. The van der Waals surface area contributed by atoms with E-state index in [4.69, 9.17) is 0 Å². The van der Waals surface area contributed by atoms with Gasteiger partial charge >= 0.3 is 5.97 Å². The number of hydrogen-bond acceptors (Lipinski definition) is 3. The average Bonchev–Trinajstić information content (AvgIpc) is 2.41. The molecule has 1 atom stereocenters. The Bertz CT molecular complexity index is 521. The largest absolute Gasteiger partial charge is 0.480 e. The van der Waals surface area contributed by atoms with Gasteiger partial charge in [0.1, 0.15) is 6.04 Å². The van der Waals surface area contributed by atoms with Gasteiger partial charge in [0, 0.05) is 22.5 Å². The highest BCUT2D eigenvalue weighted by atomic mass is 79.9. The number of carbonyl (C=O) groups is 2. The number of amides is 1. The molecule has 0 aromatic heterocycles. The molecule has 0 spiro atoms. The van der Waals surface area contributed by atoms with Crippen molar-refractivity contribution in [3.05, 3.63) is 33.8 Å². The molecular formula is C13H14BrNO3S. The third-order valence-electron chi connectivity index (χ3n) is 3.10. The standard InChI is InChI=1S/C13H14BrNO3S/c1-8-3-2-4-9(11(8)14)12(16)15-5-6-19-7-10(15)13(17)18/h2-4,10H,5-7H2,1H3,(H,17,18). The molecule has 1 amide bonds. The predicted molar refractivity (Wildman–Crippen MR) is 78.7 cm³/mol. The number of aliphatic carboxylic acids is 1. The number of carboxylic acids is 1. The van der Waals surface area contributed by atoms with Crippen LogP contribution < -0.4 is 0 Å². The summed E-state index contributed by atoms with van der Waals surface area (Å²) in [6.45, 7) is 2.38. The molecule has 102 valence electrons. The van der Waals surface area contributed by atoms with Crippen LogP contribution in [-0.4, -0.2) is 46.0 Å². The molecule has 1 fully saturated rings. The lowest BCUT2D eigenvalue weighted by Gasteiger charge is -2.33. The monoisotopic (exact) mass is 343 g/mol. The van der Waals surface area contributed by atoms with Crippen LogP contribution in [0.3, 0.4) is 0 Å². The summed E-state index contributed by atoms with van der Waals surface area (Å²) in [6.07, 6.45) is 0. The molecule has 0 saturated carbocycles. The van der Waals surface area contributed by atoms with Gasteiger partial charge in [-0.25, -0.2) is 4.79 Å². The van der Waals surface area contributed by atoms with Crippen LogP contribution >= 0.6 is 27.7 Å². The van der Waals surface area contributed by atoms with E-state index in [0.29, 0.717) is 17.9 Å². The van der Waals surface area contributed by atoms with E-state index in [9.17, 15) is 14.7 Å². The van der Waals surface area contributed by atoms with Gasteiger partial charge in [-0.15, -0.1) is 0 Å². The smallest absolute Gasteiger partial charge is 0.327 e. The molecule has 1 aromatic rings. The average molecular weight is 344 g/mol. The van der Waals surface area contributed by atoms with E-state index in [1.807, 2.05) is 19.1 Å². The zero-order valence-corrected chi connectivity index (χ0v) is 12.8. The molecule has 1 N–H and O–H groups in total. The number of benzene rings is 1. The van der Waals surface area contributed by atoms with E-state index < -0.39 is 12.0 Å². The molecule has 1 unspecified atom stereocenters. The van der Waals surface area contributed by atoms with Crippen LogP contribution in [0.4, 0.5) is 0 Å². The first-order valence-electron chi connectivity index (χ1n) is 5.89. The van der Waals surface area contributed by atoms with Crippen molar-refractivity contribution in [2.75, 3.05) is 18.1 Å². The van der Waals surface area contributed by atoms with Gasteiger partial charge in [-0.05, 0) is 34.5 Å². The Labute approximate surface area is 124 Å². The first-order valence-corrected chi connectivity index (χ1v) is 7.83. The van der Waals surface area contributed by atoms with E-state index in [1.165, 1.54) is 4.90 Å². The summed E-state index contributed by atoms with van der Waals surface area (Å²) in [5.74, 6) is 0.0660. The number of rotatable bonds is 2. The molecule has 1 aliphatic rings. The van der Waals surface area contributed by atoms with E-state index >= 15 is 0 Å². The maximum absolute atomic E-state index is 12.5. The van der Waals surface area contributed by atoms with Crippen molar-refractivity contribution in [2.24, 2.45) is 0 Å². The lowest BCUT2D eigenvalue weighted by Crippen LogP contribution is -2.50. The number of carbonyl (C=O) groups excluding carboxylic acids is 1. The number of nitrogens with zero attached hydrogens (tertiary/aromatic N) is 1. The molecule has 4 nitrogen and oxygen atoms in total. The van der Waals surface area contributed by atoms with E-state index in [1.54, 1.807) is 17.8 Å². The van der Waals surface area contributed by atoms with Gasteiger partial charge in [0.2, 0.25) is 0 Å². The van der Waals surface area contributed by atoms with Gasteiger partial charge in [-0.3, -0.25) is 4.79 Å². The van der Waals surface area contributed by atoms with Crippen molar-refractivity contribution in [1.29, 1.82) is 0 Å². The second-order valence-corrected chi connectivity index (χ2v) is 6.31. The minimum absolute atomic E-state index is 0.219. The van der Waals surface area contributed by atoms with Crippen LogP contribution in [0.15, 0.2) is 22.7 Å². The molecule has 0 radical (unpaired) electrons. The summed E-state index contributed by atoms with van der Waals surface area (Å²) < 4.78 is 0.738. The molecule has 1 heterocycles. The number of carboxylic acid groups (broad SMARTS) is 1. The van der Waals surface area contributed by atoms with Crippen molar-refractivity contribution < 1.29 is 14.7 Å². The van der Waals surface area contributed by atoms with Crippen LogP contribution in [0.1, 0.15) is 15.9 Å². The Balaban J connectivity index is 2.31. The highest BCUT2D eigenvalue weighted by molar-refractivity contribution is 9.10. The normalized spacial score (nSPS) is 19.3. The van der Waals surface area contributed by atoms with Crippen molar-refractivity contribution in [3.8, 4) is 0 Å². The Kier molecular flexibility index (Phi) is 4.52. The van der Waals surface area contributed by atoms with Gasteiger partial charge < -0.3 is 10.0 Å². The van der Waals surface area contributed by atoms with E-state index in [2.05, 4.69) is 15.9 Å². The Morgan fingerprint density at radius 2 is 2.21 bits per heavy atom. The van der Waals surface area contributed by atoms with Crippen LogP contribution in [0.25, 0.3) is 0 Å². The summed E-state index contributed by atoms with van der Waals surface area (Å²) in [5, 5.41) is 9.21. The van der Waals surface area contributed by atoms with Gasteiger partial charge in [-0.1, -0.05) is 12.1 Å². The van der Waals surface area contributed by atoms with Crippen molar-refractivity contribution in [1.82, 2.24) is 4.90 Å². The molecule has 0 aliphatic carbocycles. The molecule has 6 heteroatoms. The van der Waals surface area contributed by atoms with Gasteiger partial charge in [-0.2, -0.15) is 11.8 Å². The molecule has 1 aromatic carbocycles. The Morgan fingerprint density at radius 3 is 2.89 bits per heavy atom. The lowest BCUT2D eigenvalue weighted by molar-refractivity contribution is -0.141. The third kappa shape index (κ3) is 2.95. The minimum atomic E-state index is -0.940. The second-order valence-electron chi connectivity index (χ2n) is 4.36. The van der Waals surface area contributed by atoms with Gasteiger partial charge in [0.05, 0.1) is 5.56 Å². The fourth-order valence-corrected chi connectivity index (χ4v) is 3.49. The molecule has 2 rings (SSSR count). The highest BCUT2D eigenvalue weighted by Gasteiger charge is 2.33. The molecule has 19 heavy (non-hydrogen) atoms. The third-order valence-corrected chi connectivity index (χ3v) is 5.17. The summed E-state index contributed by atoms with van der Waals surface area (Å²) in [6, 6.07) is 4.70. The zero-order chi connectivity index (χ0) is 14.0. The molecule has 1 saturated heterocycles. The summed E-state index contributed by atoms with van der Waals surface area (Å²) in [4.78, 5) is 25.2. The number of halogens is 1. The van der Waals surface area contributed by atoms with Gasteiger partial charge in [0.25, 0.3) is 5.91 Å². The second kappa shape index (κ2) is 5.96. The highest BCUT2D eigenvalue weighted by Crippen LogP contribution is 2.25. The summed E-state index contributed by atoms with van der Waals surface area (Å²) >= 11 is 4.97.